The summed E-state index contributed by atoms with van der Waals surface area (Å²) in [4.78, 5) is 37.3. The van der Waals surface area contributed by atoms with Gasteiger partial charge in [0.05, 0.1) is 19.3 Å². The van der Waals surface area contributed by atoms with E-state index in [0.29, 0.717) is 63.0 Å². The molecule has 0 radical (unpaired) electrons. The Morgan fingerprint density at radius 1 is 1.23 bits per heavy atom. The Bertz CT molecular complexity index is 1010. The van der Waals surface area contributed by atoms with Gasteiger partial charge in [-0.2, -0.15) is 10.2 Å². The molecule has 2 fully saturated rings. The highest BCUT2D eigenvalue weighted by molar-refractivity contribution is 6.01. The molecule has 9 heteroatoms. The van der Waals surface area contributed by atoms with Crippen LogP contribution in [0.2, 0.25) is 0 Å². The van der Waals surface area contributed by atoms with Crippen molar-refractivity contribution in [1.82, 2.24) is 14.9 Å². The summed E-state index contributed by atoms with van der Waals surface area (Å²) in [5.41, 5.74) is 0.363. The molecule has 0 unspecified atom stereocenters. The number of nitrogens with zero attached hydrogens (tertiary/aromatic N) is 5. The van der Waals surface area contributed by atoms with Crippen LogP contribution in [0, 0.1) is 16.7 Å². The Balaban J connectivity index is 1.45. The summed E-state index contributed by atoms with van der Waals surface area (Å²) in [6, 6.07) is 11.0. The first-order valence-corrected chi connectivity index (χ1v) is 10.4. The zero-order valence-electron chi connectivity index (χ0n) is 17.4. The number of rotatable bonds is 5. The molecule has 0 aliphatic carbocycles. The Morgan fingerprint density at radius 3 is 2.61 bits per heavy atom. The molecule has 3 heterocycles. The number of hydrogen-bond acceptors (Lipinski definition) is 7. The minimum Gasteiger partial charge on any atom is -0.378 e. The number of ether oxygens (including phenoxy) is 1. The maximum atomic E-state index is 12.8. The van der Waals surface area contributed by atoms with E-state index in [1.165, 1.54) is 0 Å². The van der Waals surface area contributed by atoms with Gasteiger partial charge in [0.2, 0.25) is 11.9 Å². The zero-order chi connectivity index (χ0) is 21.8. The van der Waals surface area contributed by atoms with E-state index in [1.54, 1.807) is 46.3 Å². The van der Waals surface area contributed by atoms with Gasteiger partial charge in [-0.25, -0.2) is 4.98 Å². The van der Waals surface area contributed by atoms with E-state index in [9.17, 15) is 14.9 Å². The average molecular weight is 420 g/mol. The lowest BCUT2D eigenvalue weighted by Gasteiger charge is -2.26. The first-order valence-electron chi connectivity index (χ1n) is 10.4. The Labute approximate surface area is 180 Å². The predicted molar refractivity (Wildman–Crippen MR) is 114 cm³/mol. The van der Waals surface area contributed by atoms with Crippen molar-refractivity contribution in [2.24, 2.45) is 5.41 Å². The summed E-state index contributed by atoms with van der Waals surface area (Å²) in [5.74, 6) is 0.571. The number of carbonyl (C=O) groups is 2. The number of nitrogens with one attached hydrogen (secondary N) is 1. The van der Waals surface area contributed by atoms with Gasteiger partial charge in [-0.1, -0.05) is 6.92 Å². The van der Waals surface area contributed by atoms with Crippen molar-refractivity contribution in [3.05, 3.63) is 42.1 Å². The van der Waals surface area contributed by atoms with Gasteiger partial charge >= 0.3 is 0 Å². The number of hydrogen-bond donors (Lipinski definition) is 1. The smallest absolute Gasteiger partial charge is 0.254 e. The van der Waals surface area contributed by atoms with Gasteiger partial charge in [0.15, 0.2) is 0 Å². The van der Waals surface area contributed by atoms with Crippen molar-refractivity contribution >= 4 is 29.3 Å². The fraction of sp³-hybridized carbons (Fsp3) is 0.409. The minimum absolute atomic E-state index is 0.0162. The van der Waals surface area contributed by atoms with Crippen LogP contribution in [-0.4, -0.2) is 59.5 Å². The summed E-state index contributed by atoms with van der Waals surface area (Å²) in [5, 5.41) is 12.6. The molecule has 9 nitrogen and oxygen atoms in total. The maximum absolute atomic E-state index is 12.8. The lowest BCUT2D eigenvalue weighted by Crippen LogP contribution is -2.40. The van der Waals surface area contributed by atoms with Crippen molar-refractivity contribution in [3.8, 4) is 6.07 Å². The second-order valence-electron chi connectivity index (χ2n) is 7.60. The molecule has 2 amide bonds. The zero-order valence-corrected chi connectivity index (χ0v) is 17.4. The van der Waals surface area contributed by atoms with Crippen molar-refractivity contribution in [3.63, 3.8) is 0 Å². The van der Waals surface area contributed by atoms with Crippen molar-refractivity contribution in [2.75, 3.05) is 43.1 Å². The highest BCUT2D eigenvalue weighted by Crippen LogP contribution is 2.36. The van der Waals surface area contributed by atoms with Gasteiger partial charge in [-0.05, 0) is 43.2 Å². The van der Waals surface area contributed by atoms with Gasteiger partial charge in [0, 0.05) is 37.1 Å². The van der Waals surface area contributed by atoms with Gasteiger partial charge in [0.1, 0.15) is 11.2 Å². The van der Waals surface area contributed by atoms with E-state index in [2.05, 4.69) is 21.4 Å². The van der Waals surface area contributed by atoms with E-state index in [1.807, 2.05) is 6.92 Å². The van der Waals surface area contributed by atoms with Crippen LogP contribution in [-0.2, 0) is 9.53 Å². The summed E-state index contributed by atoms with van der Waals surface area (Å²) in [6.07, 6.45) is 2.54. The van der Waals surface area contributed by atoms with E-state index in [4.69, 9.17) is 4.74 Å². The highest BCUT2D eigenvalue weighted by Gasteiger charge is 2.46. The molecule has 4 rings (SSSR count). The molecule has 2 aromatic rings. The molecular weight excluding hydrogens is 396 g/mol. The van der Waals surface area contributed by atoms with Gasteiger partial charge in [-0.15, -0.1) is 0 Å². The number of anilines is 3. The predicted octanol–water partition coefficient (Wildman–Crippen LogP) is 2.35. The molecular formula is C22H24N6O3. The van der Waals surface area contributed by atoms with Gasteiger partial charge in [-0.3, -0.25) is 14.5 Å². The normalized spacial score (nSPS) is 21.1. The van der Waals surface area contributed by atoms with Crippen LogP contribution in [0.15, 0.2) is 36.5 Å². The third-order valence-electron chi connectivity index (χ3n) is 5.84. The molecule has 2 aliphatic rings. The molecule has 0 spiro atoms. The fourth-order valence-corrected chi connectivity index (χ4v) is 3.83. The number of aromatic nitrogens is 2. The molecule has 31 heavy (non-hydrogen) atoms. The molecule has 2 aliphatic heterocycles. The molecule has 1 aromatic heterocycles. The summed E-state index contributed by atoms with van der Waals surface area (Å²) >= 11 is 0. The van der Waals surface area contributed by atoms with Crippen molar-refractivity contribution in [1.29, 1.82) is 5.26 Å². The maximum Gasteiger partial charge on any atom is 0.254 e. The summed E-state index contributed by atoms with van der Waals surface area (Å²) in [7, 11) is 0. The van der Waals surface area contributed by atoms with Gasteiger partial charge < -0.3 is 15.0 Å². The lowest BCUT2D eigenvalue weighted by atomic mass is 9.85. The molecule has 0 bridgehead atoms. The lowest BCUT2D eigenvalue weighted by molar-refractivity contribution is -0.123. The monoisotopic (exact) mass is 420 g/mol. The van der Waals surface area contributed by atoms with E-state index in [0.717, 1.165) is 5.69 Å². The molecule has 0 saturated carbocycles. The summed E-state index contributed by atoms with van der Waals surface area (Å²) in [6.45, 7) is 4.62. The summed E-state index contributed by atoms with van der Waals surface area (Å²) < 4.78 is 5.29. The molecule has 1 aromatic carbocycles. The topological polar surface area (TPSA) is 111 Å². The van der Waals surface area contributed by atoms with Crippen LogP contribution in [0.25, 0.3) is 0 Å². The van der Waals surface area contributed by atoms with Crippen molar-refractivity contribution in [2.45, 2.75) is 19.8 Å². The second-order valence-corrected chi connectivity index (χ2v) is 7.60. The van der Waals surface area contributed by atoms with Crippen LogP contribution >= 0.6 is 0 Å². The third-order valence-corrected chi connectivity index (χ3v) is 5.84. The standard InChI is InChI=1S/C22H24N6O3/c1-2-22(15-23)8-10-28(20(22)30)18-7-9-24-21(26-18)25-17-5-3-16(4-6-17)19(29)27-11-13-31-14-12-27/h3-7,9H,2,8,10-14H2,1H3,(H,24,25,26)/t22-/m1/s1. The van der Waals surface area contributed by atoms with Gasteiger partial charge in [0.25, 0.3) is 5.91 Å². The van der Waals surface area contributed by atoms with Crippen LogP contribution in [0.3, 0.4) is 0 Å². The highest BCUT2D eigenvalue weighted by atomic mass is 16.5. The molecule has 2 saturated heterocycles. The number of carbonyl (C=O) groups excluding carboxylic acids is 2. The second kappa shape index (κ2) is 8.70. The fourth-order valence-electron chi connectivity index (χ4n) is 3.83. The Hall–Kier alpha value is -3.51. The number of benzene rings is 1. The van der Waals surface area contributed by atoms with Crippen LogP contribution in [0.1, 0.15) is 30.1 Å². The first-order chi connectivity index (χ1) is 15.1. The Kier molecular flexibility index (Phi) is 5.82. The number of morpholine rings is 1. The Morgan fingerprint density at radius 2 is 1.97 bits per heavy atom. The molecule has 1 atom stereocenters. The van der Waals surface area contributed by atoms with E-state index >= 15 is 0 Å². The molecule has 160 valence electrons. The number of amides is 2. The quantitative estimate of drug-likeness (QED) is 0.790. The van der Waals surface area contributed by atoms with Crippen molar-refractivity contribution < 1.29 is 14.3 Å². The first kappa shape index (κ1) is 20.8. The van der Waals surface area contributed by atoms with Crippen LogP contribution in [0.5, 0.6) is 0 Å². The average Bonchev–Trinajstić information content (AvgIpc) is 3.16. The molecule has 1 N–H and O–H groups in total. The SMILES string of the molecule is CC[C@]1(C#N)CCN(c2ccnc(Nc3ccc(C(=O)N4CCOCC4)cc3)n2)C1=O. The number of nitriles is 1. The van der Waals surface area contributed by atoms with E-state index in [-0.39, 0.29) is 11.8 Å². The van der Waals surface area contributed by atoms with Crippen LogP contribution < -0.4 is 10.2 Å². The largest absolute Gasteiger partial charge is 0.378 e. The van der Waals surface area contributed by atoms with E-state index < -0.39 is 5.41 Å². The van der Waals surface area contributed by atoms with Crippen LogP contribution in [0.4, 0.5) is 17.5 Å². The third kappa shape index (κ3) is 4.07. The minimum atomic E-state index is -0.971.